The third kappa shape index (κ3) is 5.00. The summed E-state index contributed by atoms with van der Waals surface area (Å²) in [5.41, 5.74) is 1.29. The third-order valence-electron chi connectivity index (χ3n) is 5.37. The fourth-order valence-corrected chi connectivity index (χ4v) is 5.53. The Morgan fingerprint density at radius 3 is 2.65 bits per heavy atom. The molecule has 0 radical (unpaired) electrons. The zero-order chi connectivity index (χ0) is 24.5. The van der Waals surface area contributed by atoms with Crippen molar-refractivity contribution in [3.05, 3.63) is 75.2 Å². The summed E-state index contributed by atoms with van der Waals surface area (Å²) in [5, 5.41) is 12.2. The lowest BCUT2D eigenvalue weighted by Gasteiger charge is -2.12. The fraction of sp³-hybridized carbons (Fsp3) is 0.250. The average molecular weight is 479 g/mol. The summed E-state index contributed by atoms with van der Waals surface area (Å²) in [7, 11) is -3.21. The van der Waals surface area contributed by atoms with Gasteiger partial charge < -0.3 is 10.1 Å². The van der Waals surface area contributed by atoms with Gasteiger partial charge in [0.05, 0.1) is 11.5 Å². The quantitative estimate of drug-likeness (QED) is 0.440. The number of nitrogens with zero attached hydrogens (tertiary/aromatic N) is 3. The van der Waals surface area contributed by atoms with Crippen LogP contribution in [0.2, 0.25) is 0 Å². The van der Waals surface area contributed by atoms with Crippen LogP contribution in [0.4, 0.5) is 0 Å². The van der Waals surface area contributed by atoms with E-state index in [0.717, 1.165) is 17.2 Å². The molecule has 0 bridgehead atoms. The van der Waals surface area contributed by atoms with Crippen LogP contribution < -0.4 is 15.6 Å². The summed E-state index contributed by atoms with van der Waals surface area (Å²) >= 11 is 0. The summed E-state index contributed by atoms with van der Waals surface area (Å²) < 4.78 is 30.6. The number of fused-ring (bicyclic) bond motifs is 1. The molecule has 3 aromatic rings. The number of rotatable bonds is 5. The number of sulfone groups is 1. The van der Waals surface area contributed by atoms with E-state index in [1.807, 2.05) is 19.9 Å². The van der Waals surface area contributed by atoms with Gasteiger partial charge in [0.15, 0.2) is 9.84 Å². The second-order valence-corrected chi connectivity index (χ2v) is 10.5. The van der Waals surface area contributed by atoms with Crippen LogP contribution in [0, 0.1) is 25.2 Å². The van der Waals surface area contributed by atoms with Crippen molar-refractivity contribution in [2.45, 2.75) is 26.3 Å². The second-order valence-electron chi connectivity index (χ2n) is 8.23. The number of ether oxygens (including phenoxy) is 1. The van der Waals surface area contributed by atoms with Crippen LogP contribution in [0.5, 0.6) is 11.6 Å². The van der Waals surface area contributed by atoms with E-state index in [2.05, 4.69) is 10.3 Å². The molecule has 0 spiro atoms. The van der Waals surface area contributed by atoms with Crippen molar-refractivity contribution in [2.24, 2.45) is 0 Å². The number of hydrogen-bond acceptors (Lipinski definition) is 7. The number of benzene rings is 1. The number of carbonyl (C=O) groups is 1. The summed E-state index contributed by atoms with van der Waals surface area (Å²) in [4.78, 5) is 30.4. The van der Waals surface area contributed by atoms with Gasteiger partial charge in [-0.15, -0.1) is 0 Å². The smallest absolute Gasteiger partial charge is 0.269 e. The van der Waals surface area contributed by atoms with E-state index in [9.17, 15) is 23.3 Å². The van der Waals surface area contributed by atoms with E-state index in [-0.39, 0.29) is 34.9 Å². The summed E-state index contributed by atoms with van der Waals surface area (Å²) in [6.45, 7) is 3.81. The van der Waals surface area contributed by atoms with Gasteiger partial charge in [0, 0.05) is 12.2 Å². The maximum absolute atomic E-state index is 13.3. The van der Waals surface area contributed by atoms with Gasteiger partial charge in [0.1, 0.15) is 28.6 Å². The van der Waals surface area contributed by atoms with Crippen LogP contribution in [0.15, 0.2) is 53.0 Å². The van der Waals surface area contributed by atoms with E-state index >= 15 is 0 Å². The standard InChI is InChI=1S/C24H22N4O5S/c1-15-9-16(2)11-19(10-15)33-23-20(24(30)28-7-4-3-5-21(28)27-23)12-17(13-25)22(29)26-18-6-8-34(31,32)14-18/h3-5,7,9-12,18H,6,8,14H2,1-2H3,(H,26,29)/b17-12+/t18-/m0/s1. The Hall–Kier alpha value is -3.97. The third-order valence-corrected chi connectivity index (χ3v) is 7.13. The Balaban J connectivity index is 1.77. The topological polar surface area (TPSA) is 131 Å². The normalized spacial score (nSPS) is 17.3. The number of nitriles is 1. The van der Waals surface area contributed by atoms with Gasteiger partial charge in [-0.2, -0.15) is 10.2 Å². The second kappa shape index (κ2) is 9.11. The Morgan fingerprint density at radius 2 is 2.00 bits per heavy atom. The number of aryl methyl sites for hydroxylation is 2. The first-order valence-corrected chi connectivity index (χ1v) is 12.4. The Kier molecular flexibility index (Phi) is 6.22. The van der Waals surface area contributed by atoms with E-state index in [4.69, 9.17) is 4.74 Å². The first-order chi connectivity index (χ1) is 16.1. The van der Waals surface area contributed by atoms with Crippen LogP contribution in [-0.2, 0) is 14.6 Å². The largest absolute Gasteiger partial charge is 0.438 e. The van der Waals surface area contributed by atoms with Crippen LogP contribution in [-0.4, -0.2) is 41.3 Å². The molecular weight excluding hydrogens is 456 g/mol. The van der Waals surface area contributed by atoms with Crippen LogP contribution >= 0.6 is 0 Å². The monoisotopic (exact) mass is 478 g/mol. The van der Waals surface area contributed by atoms with Crippen molar-refractivity contribution in [3.63, 3.8) is 0 Å². The molecule has 174 valence electrons. The number of pyridine rings is 1. The number of amides is 1. The average Bonchev–Trinajstić information content (AvgIpc) is 3.11. The highest BCUT2D eigenvalue weighted by Crippen LogP contribution is 2.26. The molecule has 0 aliphatic carbocycles. The molecule has 1 amide bonds. The van der Waals surface area contributed by atoms with Crippen molar-refractivity contribution in [3.8, 4) is 17.7 Å². The van der Waals surface area contributed by atoms with Gasteiger partial charge in [-0.1, -0.05) is 12.1 Å². The predicted molar refractivity (Wildman–Crippen MR) is 126 cm³/mol. The molecule has 3 heterocycles. The SMILES string of the molecule is Cc1cc(C)cc(Oc2nc3ccccn3c(=O)c2/C=C(\C#N)C(=O)N[C@H]2CCS(=O)(=O)C2)c1. The summed E-state index contributed by atoms with van der Waals surface area (Å²) in [6.07, 6.45) is 2.93. The van der Waals surface area contributed by atoms with E-state index in [1.54, 1.807) is 36.4 Å². The minimum absolute atomic E-state index is 0.0204. The van der Waals surface area contributed by atoms with E-state index in [0.29, 0.717) is 11.4 Å². The zero-order valence-corrected chi connectivity index (χ0v) is 19.4. The van der Waals surface area contributed by atoms with Crippen LogP contribution in [0.25, 0.3) is 11.7 Å². The molecule has 9 nitrogen and oxygen atoms in total. The molecule has 1 aliphatic rings. The van der Waals surface area contributed by atoms with Crippen LogP contribution in [0.3, 0.4) is 0 Å². The highest BCUT2D eigenvalue weighted by molar-refractivity contribution is 7.91. The van der Waals surface area contributed by atoms with Gasteiger partial charge >= 0.3 is 0 Å². The molecule has 1 aliphatic heterocycles. The Bertz CT molecular complexity index is 1510. The number of carbonyl (C=O) groups excluding carboxylic acids is 1. The maximum Gasteiger partial charge on any atom is 0.269 e. The van der Waals surface area contributed by atoms with Gasteiger partial charge in [-0.3, -0.25) is 14.0 Å². The number of aromatic nitrogens is 2. The predicted octanol–water partition coefficient (Wildman–Crippen LogP) is 2.31. The maximum atomic E-state index is 13.3. The molecule has 1 fully saturated rings. The van der Waals surface area contributed by atoms with Gasteiger partial charge in [0.25, 0.3) is 11.5 Å². The molecule has 1 saturated heterocycles. The number of nitrogens with one attached hydrogen (secondary N) is 1. The van der Waals surface area contributed by atoms with Gasteiger partial charge in [-0.05, 0) is 61.7 Å². The Morgan fingerprint density at radius 1 is 1.26 bits per heavy atom. The number of hydrogen-bond donors (Lipinski definition) is 1. The van der Waals surface area contributed by atoms with Gasteiger partial charge in [0.2, 0.25) is 5.88 Å². The minimum Gasteiger partial charge on any atom is -0.438 e. The molecule has 1 aromatic carbocycles. The molecule has 0 saturated carbocycles. The van der Waals surface area contributed by atoms with Crippen molar-refractivity contribution in [1.29, 1.82) is 5.26 Å². The molecule has 1 atom stereocenters. The van der Waals surface area contributed by atoms with Crippen molar-refractivity contribution in [1.82, 2.24) is 14.7 Å². The van der Waals surface area contributed by atoms with Crippen molar-refractivity contribution < 1.29 is 17.9 Å². The molecule has 10 heteroatoms. The molecule has 2 aromatic heterocycles. The molecule has 4 rings (SSSR count). The summed E-state index contributed by atoms with van der Waals surface area (Å²) in [5.74, 6) is -0.560. The van der Waals surface area contributed by atoms with Crippen molar-refractivity contribution >= 4 is 27.5 Å². The minimum atomic E-state index is -3.21. The lowest BCUT2D eigenvalue weighted by molar-refractivity contribution is -0.117. The molecular formula is C24H22N4O5S. The Labute approximate surface area is 196 Å². The van der Waals surface area contributed by atoms with E-state index < -0.39 is 27.3 Å². The summed E-state index contributed by atoms with van der Waals surface area (Å²) in [6, 6.07) is 11.8. The first kappa shape index (κ1) is 23.2. The van der Waals surface area contributed by atoms with Crippen LogP contribution in [0.1, 0.15) is 23.1 Å². The van der Waals surface area contributed by atoms with Gasteiger partial charge in [-0.25, -0.2) is 8.42 Å². The highest BCUT2D eigenvalue weighted by atomic mass is 32.2. The molecule has 1 N–H and O–H groups in total. The van der Waals surface area contributed by atoms with E-state index in [1.165, 1.54) is 10.6 Å². The van der Waals surface area contributed by atoms with Crippen molar-refractivity contribution in [2.75, 3.05) is 11.5 Å². The molecule has 0 unspecified atom stereocenters. The lowest BCUT2D eigenvalue weighted by atomic mass is 10.1. The highest BCUT2D eigenvalue weighted by Gasteiger charge is 2.30. The first-order valence-electron chi connectivity index (χ1n) is 10.6. The fourth-order valence-electron chi connectivity index (χ4n) is 3.85. The lowest BCUT2D eigenvalue weighted by Crippen LogP contribution is -2.36. The molecule has 34 heavy (non-hydrogen) atoms. The zero-order valence-electron chi connectivity index (χ0n) is 18.6.